The molecule has 0 aliphatic rings. The van der Waals surface area contributed by atoms with Crippen LogP contribution in [0.5, 0.6) is 0 Å². The molecule has 4 N–H and O–H groups in total. The van der Waals surface area contributed by atoms with Crippen molar-refractivity contribution in [3.05, 3.63) is 29.8 Å². The number of aliphatic hydroxyl groups excluding tert-OH is 2. The fraction of sp³-hybridized carbons (Fsp3) is 0.462. The summed E-state index contributed by atoms with van der Waals surface area (Å²) < 4.78 is 0. The molecule has 2 unspecified atom stereocenters. The van der Waals surface area contributed by atoms with Gasteiger partial charge >= 0.3 is 0 Å². The van der Waals surface area contributed by atoms with Gasteiger partial charge in [-0.05, 0) is 31.8 Å². The van der Waals surface area contributed by atoms with Crippen molar-refractivity contribution >= 4 is 23.1 Å². The predicted octanol–water partition coefficient (Wildman–Crippen LogP) is 0.870. The first kappa shape index (κ1) is 15.9. The number of alkyl halides is 1. The van der Waals surface area contributed by atoms with Gasteiger partial charge < -0.3 is 20.8 Å². The number of aliphatic imine (C=N–C) groups is 1. The van der Waals surface area contributed by atoms with Crippen molar-refractivity contribution in [1.29, 1.82) is 0 Å². The zero-order valence-corrected chi connectivity index (χ0v) is 11.9. The molecular formula is C13H20ClN3O2. The monoisotopic (exact) mass is 285 g/mol. The third-order valence-corrected chi connectivity index (χ3v) is 3.13. The van der Waals surface area contributed by atoms with Gasteiger partial charge in [0.2, 0.25) is 0 Å². The van der Waals surface area contributed by atoms with Crippen molar-refractivity contribution in [2.45, 2.75) is 12.1 Å². The number of hydrogen-bond donors (Lipinski definition) is 3. The Morgan fingerprint density at radius 3 is 2.37 bits per heavy atom. The molecule has 0 aromatic heterocycles. The van der Waals surface area contributed by atoms with E-state index >= 15 is 0 Å². The molecular weight excluding hydrogens is 266 g/mol. The van der Waals surface area contributed by atoms with E-state index in [1.54, 1.807) is 29.2 Å². The van der Waals surface area contributed by atoms with Crippen molar-refractivity contribution < 1.29 is 10.2 Å². The smallest absolute Gasteiger partial charge is 0.115 e. The van der Waals surface area contributed by atoms with Gasteiger partial charge in [-0.1, -0.05) is 12.1 Å². The molecule has 0 bridgehead atoms. The lowest BCUT2D eigenvalue weighted by atomic mass is 10.0. The lowest BCUT2D eigenvalue weighted by Crippen LogP contribution is -2.37. The van der Waals surface area contributed by atoms with E-state index < -0.39 is 6.10 Å². The van der Waals surface area contributed by atoms with E-state index in [4.69, 9.17) is 17.3 Å². The van der Waals surface area contributed by atoms with Gasteiger partial charge in [-0.15, -0.1) is 11.6 Å². The number of hydrogen-bond acceptors (Lipinski definition) is 4. The quantitative estimate of drug-likeness (QED) is 0.411. The average molecular weight is 286 g/mol. The lowest BCUT2D eigenvalue weighted by molar-refractivity contribution is 0.0390. The molecule has 0 aliphatic carbocycles. The highest BCUT2D eigenvalue weighted by molar-refractivity contribution is 6.28. The fourth-order valence-corrected chi connectivity index (χ4v) is 1.77. The predicted molar refractivity (Wildman–Crippen MR) is 78.0 cm³/mol. The largest absolute Gasteiger partial charge is 0.395 e. The molecule has 0 saturated heterocycles. The second-order valence-electron chi connectivity index (χ2n) is 4.49. The number of aliphatic hydroxyl groups is 2. The Morgan fingerprint density at radius 1 is 1.37 bits per heavy atom. The number of nitrogens with two attached hydrogens (primary N) is 1. The molecule has 0 saturated carbocycles. The molecule has 0 aliphatic heterocycles. The zero-order valence-electron chi connectivity index (χ0n) is 11.1. The van der Waals surface area contributed by atoms with Crippen molar-refractivity contribution in [3.63, 3.8) is 0 Å². The molecule has 5 nitrogen and oxygen atoms in total. The van der Waals surface area contributed by atoms with Gasteiger partial charge in [0.1, 0.15) is 5.84 Å². The van der Waals surface area contributed by atoms with E-state index in [-0.39, 0.29) is 18.5 Å². The Hall–Kier alpha value is -1.14. The van der Waals surface area contributed by atoms with E-state index in [1.807, 2.05) is 14.1 Å². The van der Waals surface area contributed by atoms with Gasteiger partial charge in [0.25, 0.3) is 0 Å². The Balaban J connectivity index is 2.86. The van der Waals surface area contributed by atoms with E-state index in [9.17, 15) is 10.2 Å². The summed E-state index contributed by atoms with van der Waals surface area (Å²) in [7, 11) is 3.62. The summed E-state index contributed by atoms with van der Waals surface area (Å²) in [5.41, 5.74) is 6.94. The van der Waals surface area contributed by atoms with Crippen LogP contribution in [-0.4, -0.2) is 53.6 Å². The standard InChI is InChI=1S/C13H20ClN3O2/c1-17(2)11(8-18)13(19)9-3-5-10(6-4-9)16-12(15)7-14/h3-6,11,13,18-19H,7-8H2,1-2H3,(H2,15,16). The van der Waals surface area contributed by atoms with Crippen LogP contribution in [0.2, 0.25) is 0 Å². The average Bonchev–Trinajstić information content (AvgIpc) is 2.39. The van der Waals surface area contributed by atoms with Crippen LogP contribution in [0.25, 0.3) is 0 Å². The summed E-state index contributed by atoms with van der Waals surface area (Å²) >= 11 is 5.55. The molecule has 0 spiro atoms. The minimum atomic E-state index is -0.761. The Labute approximate surface area is 118 Å². The molecule has 19 heavy (non-hydrogen) atoms. The molecule has 1 aromatic rings. The highest BCUT2D eigenvalue weighted by atomic mass is 35.5. The summed E-state index contributed by atoms with van der Waals surface area (Å²) in [4.78, 5) is 5.88. The number of amidine groups is 1. The SMILES string of the molecule is CN(C)C(CO)C(O)c1ccc(N=C(N)CCl)cc1. The molecule has 0 amide bonds. The van der Waals surface area contributed by atoms with Crippen LogP contribution in [-0.2, 0) is 0 Å². The molecule has 6 heteroatoms. The van der Waals surface area contributed by atoms with Crippen LogP contribution < -0.4 is 5.73 Å². The normalized spacial score (nSPS) is 15.6. The molecule has 1 rings (SSSR count). The van der Waals surface area contributed by atoms with Gasteiger partial charge in [0.15, 0.2) is 0 Å². The second kappa shape index (κ2) is 7.45. The van der Waals surface area contributed by atoms with Crippen molar-refractivity contribution in [2.24, 2.45) is 10.7 Å². The number of rotatable bonds is 6. The van der Waals surface area contributed by atoms with Crippen LogP contribution in [0.3, 0.4) is 0 Å². The highest BCUT2D eigenvalue weighted by Gasteiger charge is 2.21. The molecule has 0 heterocycles. The van der Waals surface area contributed by atoms with Crippen LogP contribution in [0.4, 0.5) is 5.69 Å². The summed E-state index contributed by atoms with van der Waals surface area (Å²) in [5.74, 6) is 0.522. The minimum Gasteiger partial charge on any atom is -0.395 e. The molecule has 0 radical (unpaired) electrons. The number of nitrogens with zero attached hydrogens (tertiary/aromatic N) is 2. The Bertz CT molecular complexity index is 420. The van der Waals surface area contributed by atoms with E-state index in [2.05, 4.69) is 4.99 Å². The topological polar surface area (TPSA) is 82.1 Å². The van der Waals surface area contributed by atoms with Gasteiger partial charge in [-0.3, -0.25) is 0 Å². The first-order chi connectivity index (χ1) is 8.99. The van der Waals surface area contributed by atoms with E-state index in [1.165, 1.54) is 0 Å². The Morgan fingerprint density at radius 2 is 1.95 bits per heavy atom. The lowest BCUT2D eigenvalue weighted by Gasteiger charge is -2.27. The molecule has 2 atom stereocenters. The fourth-order valence-electron chi connectivity index (χ4n) is 1.71. The first-order valence-corrected chi connectivity index (χ1v) is 6.47. The van der Waals surface area contributed by atoms with Crippen molar-refractivity contribution in [3.8, 4) is 0 Å². The third kappa shape index (κ3) is 4.47. The number of halogens is 1. The molecule has 106 valence electrons. The number of likely N-dealkylation sites (N-methyl/N-ethyl adjacent to an activating group) is 1. The van der Waals surface area contributed by atoms with Crippen LogP contribution in [0, 0.1) is 0 Å². The van der Waals surface area contributed by atoms with Gasteiger partial charge in [0.05, 0.1) is 30.3 Å². The van der Waals surface area contributed by atoms with Gasteiger partial charge in [-0.2, -0.15) is 0 Å². The van der Waals surface area contributed by atoms with Gasteiger partial charge in [0, 0.05) is 0 Å². The molecule has 0 fully saturated rings. The second-order valence-corrected chi connectivity index (χ2v) is 4.75. The maximum absolute atomic E-state index is 10.2. The molecule has 1 aromatic carbocycles. The summed E-state index contributed by atoms with van der Waals surface area (Å²) in [6, 6.07) is 6.68. The van der Waals surface area contributed by atoms with Crippen LogP contribution in [0.15, 0.2) is 29.3 Å². The van der Waals surface area contributed by atoms with Crippen LogP contribution in [0.1, 0.15) is 11.7 Å². The maximum Gasteiger partial charge on any atom is 0.115 e. The van der Waals surface area contributed by atoms with Crippen molar-refractivity contribution in [1.82, 2.24) is 4.90 Å². The van der Waals surface area contributed by atoms with Crippen molar-refractivity contribution in [2.75, 3.05) is 26.6 Å². The maximum atomic E-state index is 10.2. The summed E-state index contributed by atoms with van der Waals surface area (Å²) in [6.45, 7) is -0.118. The van der Waals surface area contributed by atoms with E-state index in [0.29, 0.717) is 11.5 Å². The number of benzene rings is 1. The summed E-state index contributed by atoms with van der Waals surface area (Å²) in [5, 5.41) is 19.5. The van der Waals surface area contributed by atoms with Gasteiger partial charge in [-0.25, -0.2) is 4.99 Å². The first-order valence-electron chi connectivity index (χ1n) is 5.94. The highest BCUT2D eigenvalue weighted by Crippen LogP contribution is 2.22. The van der Waals surface area contributed by atoms with E-state index in [0.717, 1.165) is 5.56 Å². The minimum absolute atomic E-state index is 0.118. The zero-order chi connectivity index (χ0) is 14.4. The Kier molecular flexibility index (Phi) is 6.24. The summed E-state index contributed by atoms with van der Waals surface area (Å²) in [6.07, 6.45) is -0.761. The third-order valence-electron chi connectivity index (χ3n) is 2.86. The van der Waals surface area contributed by atoms with Crippen LogP contribution >= 0.6 is 11.6 Å².